The number of fused-ring (bicyclic) bond motifs is 2. The Morgan fingerprint density at radius 3 is 0.927 bits per heavy atom. The number of nitrogens with one attached hydrogen (secondary N) is 2. The van der Waals surface area contributed by atoms with Crippen molar-refractivity contribution >= 4 is 78.1 Å². The van der Waals surface area contributed by atoms with Crippen molar-refractivity contribution in [1.82, 2.24) is 0 Å². The van der Waals surface area contributed by atoms with Crippen LogP contribution in [-0.4, -0.2) is 23.6 Å². The highest BCUT2D eigenvalue weighted by Gasteiger charge is 2.33. The lowest BCUT2D eigenvalue weighted by molar-refractivity contribution is 0.0996. The second kappa shape index (κ2) is 23.0. The van der Waals surface area contributed by atoms with Crippen molar-refractivity contribution in [1.29, 1.82) is 0 Å². The first-order chi connectivity index (χ1) is 38.8. The van der Waals surface area contributed by atoms with Crippen LogP contribution < -0.4 is 31.6 Å². The van der Waals surface area contributed by atoms with E-state index >= 15 is 9.59 Å². The Balaban J connectivity index is 1.54. The van der Waals surface area contributed by atoms with Crippen molar-refractivity contribution in [2.45, 2.75) is 158 Å². The van der Waals surface area contributed by atoms with Gasteiger partial charge in [0.1, 0.15) is 23.0 Å². The minimum atomic E-state index is -0.791. The number of amides is 4. The van der Waals surface area contributed by atoms with Gasteiger partial charge >= 0.3 is 0 Å². The zero-order valence-corrected chi connectivity index (χ0v) is 50.6. The van der Waals surface area contributed by atoms with E-state index in [0.29, 0.717) is 60.6 Å². The summed E-state index contributed by atoms with van der Waals surface area (Å²) < 4.78 is 14.9. The van der Waals surface area contributed by atoms with Gasteiger partial charge in [-0.3, -0.25) is 19.2 Å². The van der Waals surface area contributed by atoms with E-state index in [0.717, 1.165) is 50.2 Å². The third-order valence-corrected chi connectivity index (χ3v) is 16.3. The van der Waals surface area contributed by atoms with Gasteiger partial charge in [-0.15, -0.1) is 0 Å². The first kappa shape index (κ1) is 58.4. The van der Waals surface area contributed by atoms with Gasteiger partial charge in [-0.1, -0.05) is 196 Å². The van der Waals surface area contributed by atoms with Gasteiger partial charge in [-0.25, -0.2) is 0 Å². The minimum absolute atomic E-state index is 0.0233. The van der Waals surface area contributed by atoms with Gasteiger partial charge < -0.3 is 31.6 Å². The maximum Gasteiger partial charge on any atom is 0.256 e. The minimum Gasteiger partial charge on any atom is -0.456 e. The van der Waals surface area contributed by atoms with E-state index in [2.05, 4.69) is 134 Å². The average molecular weight is 1100 g/mol. The molecule has 10 nitrogen and oxygen atoms in total. The van der Waals surface area contributed by atoms with Crippen LogP contribution in [0, 0.1) is 0 Å². The van der Waals surface area contributed by atoms with Crippen molar-refractivity contribution in [3.8, 4) is 23.0 Å². The summed E-state index contributed by atoms with van der Waals surface area (Å²) in [7, 11) is 0. The summed E-state index contributed by atoms with van der Waals surface area (Å²) in [6.07, 6.45) is 0. The summed E-state index contributed by atoms with van der Waals surface area (Å²) in [5, 5.41) is 10.6. The molecule has 0 unspecified atom stereocenters. The molecule has 0 heterocycles. The molecule has 4 amide bonds. The molecule has 82 heavy (non-hydrogen) atoms. The molecule has 0 aliphatic carbocycles. The van der Waals surface area contributed by atoms with Crippen LogP contribution in [0.2, 0.25) is 0 Å². The molecule has 0 aliphatic rings. The normalized spacial score (nSPS) is 12.1. The van der Waals surface area contributed by atoms with Crippen molar-refractivity contribution < 1.29 is 28.7 Å². The summed E-state index contributed by atoms with van der Waals surface area (Å²) in [5.74, 6) is -0.211. The second-order valence-electron chi connectivity index (χ2n) is 24.6. The van der Waals surface area contributed by atoms with Crippen LogP contribution in [0.5, 0.6) is 23.0 Å². The van der Waals surface area contributed by atoms with Crippen LogP contribution in [0.1, 0.15) is 244 Å². The Labute approximate surface area is 483 Å². The van der Waals surface area contributed by atoms with Gasteiger partial charge in [0.15, 0.2) is 0 Å². The standard InChI is InChI=1S/C72H80N4O6/c1-35(2)43-21-17-22-44(36(3)4)65(43)75-71(79)54-32-30-52-61-57(81-67-47(39(9)10)25-19-26-48(67)40(11)12)33-55(70(74)78)59-53(69(73)77)31-29-51(63(59)61)62-58(82-68-49(41(13)14)27-20-28-50(68)42(15)16)34-56(60(54)64(52)62)72(80)76-66-45(37(5)6)23-18-24-46(66)38(7)8/h17-42H,1-16H3,(H2,73,77)(H2,74,78)(H,75,79)(H,76,80). The second-order valence-corrected chi connectivity index (χ2v) is 24.6. The molecule has 0 bridgehead atoms. The van der Waals surface area contributed by atoms with Crippen molar-refractivity contribution in [2.24, 2.45) is 11.5 Å². The topological polar surface area (TPSA) is 163 Å². The van der Waals surface area contributed by atoms with E-state index in [1.54, 1.807) is 24.3 Å². The molecule has 9 aromatic carbocycles. The number of carbonyl (C=O) groups is 4. The van der Waals surface area contributed by atoms with E-state index in [1.807, 2.05) is 72.8 Å². The number of nitrogens with two attached hydrogens (primary N) is 2. The fraction of sp³-hybridized carbons (Fsp3) is 0.333. The van der Waals surface area contributed by atoms with Gasteiger partial charge in [0.2, 0.25) is 11.8 Å². The Morgan fingerprint density at radius 1 is 0.329 bits per heavy atom. The predicted octanol–water partition coefficient (Wildman–Crippen LogP) is 19.0. The molecule has 0 saturated carbocycles. The molecular formula is C72H80N4O6. The molecule has 0 spiro atoms. The Hall–Kier alpha value is -8.24. The third-order valence-electron chi connectivity index (χ3n) is 16.3. The number of ether oxygens (including phenoxy) is 2. The summed E-state index contributed by atoms with van der Waals surface area (Å²) in [6.45, 7) is 33.8. The van der Waals surface area contributed by atoms with E-state index in [-0.39, 0.29) is 80.7 Å². The highest BCUT2D eigenvalue weighted by molar-refractivity contribution is 6.41. The average Bonchev–Trinajstić information content (AvgIpc) is 0.836. The summed E-state index contributed by atoms with van der Waals surface area (Å²) in [5.41, 5.74) is 22.4. The van der Waals surface area contributed by atoms with Crippen LogP contribution in [0.4, 0.5) is 11.4 Å². The van der Waals surface area contributed by atoms with Crippen molar-refractivity contribution in [2.75, 3.05) is 10.6 Å². The van der Waals surface area contributed by atoms with Crippen LogP contribution in [0.3, 0.4) is 0 Å². The van der Waals surface area contributed by atoms with Crippen molar-refractivity contribution in [3.05, 3.63) is 176 Å². The number of rotatable bonds is 18. The molecule has 9 aromatic rings. The Morgan fingerprint density at radius 2 is 0.610 bits per heavy atom. The number of hydrogen-bond acceptors (Lipinski definition) is 6. The van der Waals surface area contributed by atoms with Gasteiger partial charge in [-0.2, -0.15) is 0 Å². The number of primary amides is 2. The Bertz CT molecular complexity index is 3910. The molecule has 9 rings (SSSR count). The first-order valence-corrected chi connectivity index (χ1v) is 29.2. The highest BCUT2D eigenvalue weighted by Crippen LogP contribution is 2.53. The molecule has 0 atom stereocenters. The van der Waals surface area contributed by atoms with Crippen LogP contribution in [-0.2, 0) is 0 Å². The number of para-hydroxylation sites is 4. The van der Waals surface area contributed by atoms with Crippen molar-refractivity contribution in [3.63, 3.8) is 0 Å². The zero-order chi connectivity index (χ0) is 59.5. The number of carbonyl (C=O) groups excluding carboxylic acids is 4. The van der Waals surface area contributed by atoms with Crippen LogP contribution in [0.25, 0.3) is 43.1 Å². The number of hydrogen-bond donors (Lipinski definition) is 4. The van der Waals surface area contributed by atoms with E-state index in [9.17, 15) is 9.59 Å². The molecule has 0 fully saturated rings. The van der Waals surface area contributed by atoms with E-state index in [1.165, 1.54) is 0 Å². The quantitative estimate of drug-likeness (QED) is 0.0494. The molecule has 0 aliphatic heterocycles. The maximum absolute atomic E-state index is 16.2. The van der Waals surface area contributed by atoms with Crippen LogP contribution >= 0.6 is 0 Å². The molecule has 0 radical (unpaired) electrons. The largest absolute Gasteiger partial charge is 0.456 e. The fourth-order valence-corrected chi connectivity index (χ4v) is 12.1. The third kappa shape index (κ3) is 10.4. The number of anilines is 2. The Kier molecular flexibility index (Phi) is 16.4. The lowest BCUT2D eigenvalue weighted by atomic mass is 9.83. The molecule has 10 heteroatoms. The monoisotopic (exact) mass is 1100 g/mol. The predicted molar refractivity (Wildman–Crippen MR) is 339 cm³/mol. The maximum atomic E-state index is 16.2. The first-order valence-electron chi connectivity index (χ1n) is 29.2. The van der Waals surface area contributed by atoms with Gasteiger partial charge in [0.05, 0.1) is 11.1 Å². The molecule has 6 N–H and O–H groups in total. The fourth-order valence-electron chi connectivity index (χ4n) is 12.1. The molecule has 424 valence electrons. The highest BCUT2D eigenvalue weighted by atomic mass is 16.5. The summed E-state index contributed by atoms with van der Waals surface area (Å²) in [6, 6.07) is 35.0. The summed E-state index contributed by atoms with van der Waals surface area (Å²) in [4.78, 5) is 60.1. The lowest BCUT2D eigenvalue weighted by Crippen LogP contribution is -2.20. The number of benzene rings is 9. The smallest absolute Gasteiger partial charge is 0.256 e. The lowest BCUT2D eigenvalue weighted by Gasteiger charge is -2.27. The summed E-state index contributed by atoms with van der Waals surface area (Å²) >= 11 is 0. The van der Waals surface area contributed by atoms with Gasteiger partial charge in [-0.05, 0) is 127 Å². The van der Waals surface area contributed by atoms with Gasteiger partial charge in [0.25, 0.3) is 11.8 Å². The SMILES string of the molecule is CC(C)c1cccc(C(C)C)c1NC(=O)c1ccc2c3c(Oc4c(C(C)C)cccc4C(C)C)cc(C(N)=O)c4c(C(N)=O)ccc(c5c(Oc6c(C(C)C)cccc6C(C)C)cc(C(=O)Nc6c(C(C)C)cccc6C(C)C)c1c25)c43. The van der Waals surface area contributed by atoms with Crippen LogP contribution in [0.15, 0.2) is 109 Å². The molecule has 0 aromatic heterocycles. The zero-order valence-electron chi connectivity index (χ0n) is 50.6. The molecule has 0 saturated heterocycles. The van der Waals surface area contributed by atoms with E-state index < -0.39 is 23.6 Å². The van der Waals surface area contributed by atoms with Gasteiger partial charge in [0, 0.05) is 54.8 Å². The molecular weight excluding hydrogens is 1020 g/mol. The van der Waals surface area contributed by atoms with E-state index in [4.69, 9.17) is 20.9 Å².